The Kier molecular flexibility index (Phi) is 6.81. The van der Waals surface area contributed by atoms with Crippen molar-refractivity contribution in [3.63, 3.8) is 0 Å². The molecule has 6 heteroatoms. The molecule has 1 amide bonds. The van der Waals surface area contributed by atoms with Crippen LogP contribution in [0.4, 0.5) is 4.79 Å². The average Bonchev–Trinajstić information content (AvgIpc) is 2.45. The molecule has 20 heavy (non-hydrogen) atoms. The summed E-state index contributed by atoms with van der Waals surface area (Å²) in [5, 5.41) is 0. The summed E-state index contributed by atoms with van der Waals surface area (Å²) in [6.07, 6.45) is -0.197. The third kappa shape index (κ3) is 5.51. The third-order valence-corrected chi connectivity index (χ3v) is 2.38. The van der Waals surface area contributed by atoms with Gasteiger partial charge in [0.2, 0.25) is 0 Å². The van der Waals surface area contributed by atoms with E-state index >= 15 is 0 Å². The molecule has 0 heterocycles. The average molecular weight is 279 g/mol. The number of hydrogen-bond acceptors (Lipinski definition) is 5. The summed E-state index contributed by atoms with van der Waals surface area (Å²) in [5.74, 6) is -0.578. The van der Waals surface area contributed by atoms with Crippen molar-refractivity contribution in [3.8, 4) is 0 Å². The van der Waals surface area contributed by atoms with Crippen molar-refractivity contribution in [2.24, 2.45) is 0 Å². The Morgan fingerprint density at radius 2 is 1.90 bits per heavy atom. The minimum Gasteiger partial charge on any atom is -0.465 e. The summed E-state index contributed by atoms with van der Waals surface area (Å²) in [7, 11) is 0. The normalized spacial score (nSPS) is 9.65. The second kappa shape index (κ2) is 8.68. The standard InChI is InChI=1S/C14H17NO5/c1-2-19-13(17)10-15(8-9-16)14(18)20-11-12-6-4-3-5-7-12/h3-7,9H,2,8,10-11H2,1H3. The Balaban J connectivity index is 2.51. The molecule has 0 saturated carbocycles. The van der Waals surface area contributed by atoms with Crippen LogP contribution in [0.5, 0.6) is 0 Å². The number of rotatable bonds is 7. The Bertz CT molecular complexity index is 446. The lowest BCUT2D eigenvalue weighted by atomic mass is 10.2. The summed E-state index contributed by atoms with van der Waals surface area (Å²) < 4.78 is 9.77. The van der Waals surface area contributed by atoms with Crippen LogP contribution in [0.25, 0.3) is 0 Å². The molecule has 0 saturated heterocycles. The van der Waals surface area contributed by atoms with Crippen molar-refractivity contribution in [3.05, 3.63) is 35.9 Å². The number of esters is 1. The van der Waals surface area contributed by atoms with Gasteiger partial charge in [-0.05, 0) is 12.5 Å². The van der Waals surface area contributed by atoms with Crippen molar-refractivity contribution in [1.29, 1.82) is 0 Å². The second-order valence-electron chi connectivity index (χ2n) is 3.89. The molecular weight excluding hydrogens is 262 g/mol. The summed E-state index contributed by atoms with van der Waals surface area (Å²) in [6.45, 7) is 1.44. The van der Waals surface area contributed by atoms with Crippen molar-refractivity contribution in [2.75, 3.05) is 19.7 Å². The van der Waals surface area contributed by atoms with Gasteiger partial charge in [-0.1, -0.05) is 30.3 Å². The first-order chi connectivity index (χ1) is 9.67. The van der Waals surface area contributed by atoms with Crippen LogP contribution in [0, 0.1) is 0 Å². The van der Waals surface area contributed by atoms with E-state index in [1.54, 1.807) is 6.92 Å². The molecule has 0 aliphatic carbocycles. The molecule has 108 valence electrons. The Morgan fingerprint density at radius 3 is 2.50 bits per heavy atom. The SMILES string of the molecule is CCOC(=O)CN(CC=O)C(=O)OCc1ccccc1. The highest BCUT2D eigenvalue weighted by Crippen LogP contribution is 2.03. The predicted octanol–water partition coefficient (Wildman–Crippen LogP) is 1.39. The first-order valence-corrected chi connectivity index (χ1v) is 6.22. The van der Waals surface area contributed by atoms with Crippen molar-refractivity contribution in [2.45, 2.75) is 13.5 Å². The molecule has 1 aromatic carbocycles. The highest BCUT2D eigenvalue weighted by atomic mass is 16.6. The molecule has 1 aromatic rings. The van der Waals surface area contributed by atoms with Crippen molar-refractivity contribution >= 4 is 18.3 Å². The van der Waals surface area contributed by atoms with Crippen LogP contribution in [0.15, 0.2) is 30.3 Å². The van der Waals surface area contributed by atoms with Gasteiger partial charge >= 0.3 is 12.1 Å². The van der Waals surface area contributed by atoms with Gasteiger partial charge < -0.3 is 14.3 Å². The zero-order chi connectivity index (χ0) is 14.8. The monoisotopic (exact) mass is 279 g/mol. The first-order valence-electron chi connectivity index (χ1n) is 6.22. The molecule has 0 N–H and O–H groups in total. The molecule has 0 bridgehead atoms. The molecule has 0 unspecified atom stereocenters. The van der Waals surface area contributed by atoms with Crippen LogP contribution in [-0.4, -0.2) is 42.9 Å². The molecule has 0 aliphatic heterocycles. The number of ether oxygens (including phenoxy) is 2. The van der Waals surface area contributed by atoms with E-state index in [1.165, 1.54) is 0 Å². The Hall–Kier alpha value is -2.37. The fraction of sp³-hybridized carbons (Fsp3) is 0.357. The maximum absolute atomic E-state index is 11.8. The smallest absolute Gasteiger partial charge is 0.411 e. The summed E-state index contributed by atoms with van der Waals surface area (Å²) >= 11 is 0. The molecule has 1 rings (SSSR count). The molecule has 0 fully saturated rings. The molecular formula is C14H17NO5. The number of aldehydes is 1. The van der Waals surface area contributed by atoms with Gasteiger partial charge in [0, 0.05) is 0 Å². The number of nitrogens with zero attached hydrogens (tertiary/aromatic N) is 1. The molecule has 0 spiro atoms. The highest BCUT2D eigenvalue weighted by Gasteiger charge is 2.18. The minimum absolute atomic E-state index is 0.0812. The summed E-state index contributed by atoms with van der Waals surface area (Å²) in [4.78, 5) is 34.6. The third-order valence-electron chi connectivity index (χ3n) is 2.38. The molecule has 0 atom stereocenters. The van der Waals surface area contributed by atoms with E-state index in [4.69, 9.17) is 9.47 Å². The van der Waals surface area contributed by atoms with Gasteiger partial charge in [-0.25, -0.2) is 4.79 Å². The second-order valence-corrected chi connectivity index (χ2v) is 3.89. The number of carbonyl (C=O) groups excluding carboxylic acids is 3. The molecule has 0 radical (unpaired) electrons. The predicted molar refractivity (Wildman–Crippen MR) is 70.9 cm³/mol. The van der Waals surface area contributed by atoms with Gasteiger partial charge in [0.1, 0.15) is 19.4 Å². The summed E-state index contributed by atoms with van der Waals surface area (Å²) in [5.41, 5.74) is 0.822. The largest absolute Gasteiger partial charge is 0.465 e. The lowest BCUT2D eigenvalue weighted by molar-refractivity contribution is -0.144. The Labute approximate surface area is 117 Å². The van der Waals surface area contributed by atoms with Crippen LogP contribution in [0.3, 0.4) is 0 Å². The first kappa shape index (κ1) is 15.7. The zero-order valence-electron chi connectivity index (χ0n) is 11.3. The van der Waals surface area contributed by atoms with Crippen molar-refractivity contribution < 1.29 is 23.9 Å². The number of carbonyl (C=O) groups is 3. The summed E-state index contributed by atoms with van der Waals surface area (Å²) in [6, 6.07) is 9.12. The van der Waals surface area contributed by atoms with Gasteiger partial charge in [0.25, 0.3) is 0 Å². The van der Waals surface area contributed by atoms with Crippen LogP contribution in [0.1, 0.15) is 12.5 Å². The van der Waals surface area contributed by atoms with Crippen LogP contribution in [0.2, 0.25) is 0 Å². The topological polar surface area (TPSA) is 72.9 Å². The lowest BCUT2D eigenvalue weighted by Gasteiger charge is -2.18. The quantitative estimate of drug-likeness (QED) is 0.557. The maximum Gasteiger partial charge on any atom is 0.411 e. The van der Waals surface area contributed by atoms with Gasteiger partial charge in [-0.2, -0.15) is 0 Å². The van der Waals surface area contributed by atoms with E-state index in [9.17, 15) is 14.4 Å². The minimum atomic E-state index is -0.728. The fourth-order valence-corrected chi connectivity index (χ4v) is 1.47. The molecule has 0 aliphatic rings. The van der Waals surface area contributed by atoms with Gasteiger partial charge in [0.15, 0.2) is 0 Å². The number of benzene rings is 1. The number of amides is 1. The van der Waals surface area contributed by atoms with Gasteiger partial charge in [-0.15, -0.1) is 0 Å². The van der Waals surface area contributed by atoms with E-state index in [2.05, 4.69) is 0 Å². The van der Waals surface area contributed by atoms with E-state index in [0.717, 1.165) is 10.5 Å². The number of hydrogen-bond donors (Lipinski definition) is 0. The van der Waals surface area contributed by atoms with Gasteiger partial charge in [0.05, 0.1) is 13.2 Å². The lowest BCUT2D eigenvalue weighted by Crippen LogP contribution is -2.38. The van der Waals surface area contributed by atoms with Gasteiger partial charge in [-0.3, -0.25) is 9.69 Å². The molecule has 6 nitrogen and oxygen atoms in total. The van der Waals surface area contributed by atoms with E-state index in [-0.39, 0.29) is 26.3 Å². The maximum atomic E-state index is 11.8. The van der Waals surface area contributed by atoms with Crippen LogP contribution >= 0.6 is 0 Å². The Morgan fingerprint density at radius 1 is 1.20 bits per heavy atom. The van der Waals surface area contributed by atoms with Crippen LogP contribution in [-0.2, 0) is 25.7 Å². The molecule has 0 aromatic heterocycles. The fourth-order valence-electron chi connectivity index (χ4n) is 1.47. The highest BCUT2D eigenvalue weighted by molar-refractivity contribution is 5.79. The van der Waals surface area contributed by atoms with Crippen LogP contribution < -0.4 is 0 Å². The van der Waals surface area contributed by atoms with E-state index in [1.807, 2.05) is 30.3 Å². The van der Waals surface area contributed by atoms with E-state index < -0.39 is 12.1 Å². The van der Waals surface area contributed by atoms with E-state index in [0.29, 0.717) is 6.29 Å². The van der Waals surface area contributed by atoms with Crippen molar-refractivity contribution in [1.82, 2.24) is 4.90 Å². The zero-order valence-corrected chi connectivity index (χ0v) is 11.3.